The lowest BCUT2D eigenvalue weighted by molar-refractivity contribution is -0.113. The van der Waals surface area contributed by atoms with E-state index < -0.39 is 5.82 Å². The van der Waals surface area contributed by atoms with E-state index in [1.807, 2.05) is 0 Å². The predicted octanol–water partition coefficient (Wildman–Crippen LogP) is 1.57. The second-order valence-electron chi connectivity index (χ2n) is 2.51. The average Bonchev–Trinajstić information content (AvgIpc) is 2.20. The molecule has 1 aromatic rings. The van der Waals surface area contributed by atoms with Gasteiger partial charge in [-0.15, -0.1) is 0 Å². The maximum absolute atomic E-state index is 12.7. The van der Waals surface area contributed by atoms with Gasteiger partial charge < -0.3 is 5.32 Å². The SMILES string of the molecule is N#Cc1cc(F)ccc1NC(=O)CS. The second-order valence-corrected chi connectivity index (χ2v) is 2.82. The highest BCUT2D eigenvalue weighted by molar-refractivity contribution is 7.81. The molecule has 1 rings (SSSR count). The van der Waals surface area contributed by atoms with Crippen molar-refractivity contribution in [3.63, 3.8) is 0 Å². The number of nitriles is 1. The lowest BCUT2D eigenvalue weighted by Gasteiger charge is -2.04. The third-order valence-electron chi connectivity index (χ3n) is 1.52. The van der Waals surface area contributed by atoms with Crippen molar-refractivity contribution in [3.8, 4) is 6.07 Å². The van der Waals surface area contributed by atoms with Crippen molar-refractivity contribution in [2.24, 2.45) is 0 Å². The first-order valence-electron chi connectivity index (χ1n) is 3.77. The van der Waals surface area contributed by atoms with Gasteiger partial charge in [0, 0.05) is 0 Å². The Bertz CT molecular complexity index is 400. The molecule has 72 valence electrons. The fraction of sp³-hybridized carbons (Fsp3) is 0.111. The van der Waals surface area contributed by atoms with Crippen molar-refractivity contribution in [2.75, 3.05) is 11.1 Å². The molecular formula is C9H7FN2OS. The molecule has 0 unspecified atom stereocenters. The maximum Gasteiger partial charge on any atom is 0.234 e. The summed E-state index contributed by atoms with van der Waals surface area (Å²) >= 11 is 3.76. The minimum atomic E-state index is -0.509. The van der Waals surface area contributed by atoms with Gasteiger partial charge in [-0.2, -0.15) is 17.9 Å². The normalized spacial score (nSPS) is 9.21. The number of amides is 1. The van der Waals surface area contributed by atoms with Crippen molar-refractivity contribution < 1.29 is 9.18 Å². The molecule has 1 aromatic carbocycles. The smallest absolute Gasteiger partial charge is 0.234 e. The van der Waals surface area contributed by atoms with E-state index in [-0.39, 0.29) is 17.2 Å². The summed E-state index contributed by atoms with van der Waals surface area (Å²) in [5, 5.41) is 11.1. The molecule has 0 fully saturated rings. The molecule has 0 aliphatic heterocycles. The molecule has 1 N–H and O–H groups in total. The van der Waals surface area contributed by atoms with Crippen LogP contribution in [0.5, 0.6) is 0 Å². The van der Waals surface area contributed by atoms with Gasteiger partial charge in [-0.05, 0) is 18.2 Å². The summed E-state index contributed by atoms with van der Waals surface area (Å²) in [6.45, 7) is 0. The Morgan fingerprint density at radius 1 is 1.64 bits per heavy atom. The number of thiol groups is 1. The maximum atomic E-state index is 12.7. The number of hydrogen-bond donors (Lipinski definition) is 2. The number of anilines is 1. The predicted molar refractivity (Wildman–Crippen MR) is 53.6 cm³/mol. The second kappa shape index (κ2) is 4.63. The van der Waals surface area contributed by atoms with E-state index >= 15 is 0 Å². The number of hydrogen-bond acceptors (Lipinski definition) is 3. The molecule has 14 heavy (non-hydrogen) atoms. The van der Waals surface area contributed by atoms with Crippen LogP contribution in [0.3, 0.4) is 0 Å². The van der Waals surface area contributed by atoms with Crippen LogP contribution >= 0.6 is 12.6 Å². The Morgan fingerprint density at radius 2 is 2.36 bits per heavy atom. The van der Waals surface area contributed by atoms with Crippen LogP contribution < -0.4 is 5.32 Å². The van der Waals surface area contributed by atoms with E-state index in [0.717, 1.165) is 6.07 Å². The van der Waals surface area contributed by atoms with Gasteiger partial charge >= 0.3 is 0 Å². The van der Waals surface area contributed by atoms with E-state index in [1.54, 1.807) is 6.07 Å². The van der Waals surface area contributed by atoms with E-state index in [1.165, 1.54) is 12.1 Å². The summed E-state index contributed by atoms with van der Waals surface area (Å²) in [4.78, 5) is 10.9. The molecule has 0 spiro atoms. The van der Waals surface area contributed by atoms with E-state index in [4.69, 9.17) is 5.26 Å². The van der Waals surface area contributed by atoms with Gasteiger partial charge in [0.05, 0.1) is 17.0 Å². The first-order chi connectivity index (χ1) is 6.67. The fourth-order valence-corrected chi connectivity index (χ4v) is 0.987. The minimum absolute atomic E-state index is 0.0161. The fourth-order valence-electron chi connectivity index (χ4n) is 0.908. The third kappa shape index (κ3) is 2.47. The van der Waals surface area contributed by atoms with Gasteiger partial charge in [0.15, 0.2) is 0 Å². The number of carbonyl (C=O) groups is 1. The Balaban J connectivity index is 2.98. The number of benzene rings is 1. The van der Waals surface area contributed by atoms with Crippen LogP contribution in [0.15, 0.2) is 18.2 Å². The van der Waals surface area contributed by atoms with Gasteiger partial charge in [0.25, 0.3) is 0 Å². The highest BCUT2D eigenvalue weighted by Gasteiger charge is 2.05. The Kier molecular flexibility index (Phi) is 3.48. The number of nitrogens with one attached hydrogen (secondary N) is 1. The molecular weight excluding hydrogens is 203 g/mol. The highest BCUT2D eigenvalue weighted by Crippen LogP contribution is 2.15. The van der Waals surface area contributed by atoms with Gasteiger partial charge in [-0.3, -0.25) is 4.79 Å². The number of rotatable bonds is 2. The van der Waals surface area contributed by atoms with Crippen LogP contribution in [0.2, 0.25) is 0 Å². The highest BCUT2D eigenvalue weighted by atomic mass is 32.1. The summed E-state index contributed by atoms with van der Waals surface area (Å²) in [6.07, 6.45) is 0. The molecule has 0 bridgehead atoms. The summed E-state index contributed by atoms with van der Waals surface area (Å²) in [5.74, 6) is -0.829. The largest absolute Gasteiger partial charge is 0.324 e. The van der Waals surface area contributed by atoms with Crippen LogP contribution in [0, 0.1) is 17.1 Å². The van der Waals surface area contributed by atoms with Gasteiger partial charge in [-0.1, -0.05) is 0 Å². The molecule has 0 aromatic heterocycles. The van der Waals surface area contributed by atoms with Gasteiger partial charge in [0.1, 0.15) is 11.9 Å². The topological polar surface area (TPSA) is 52.9 Å². The van der Waals surface area contributed by atoms with Crippen molar-refractivity contribution in [1.82, 2.24) is 0 Å². The molecule has 0 atom stereocenters. The summed E-state index contributed by atoms with van der Waals surface area (Å²) in [6, 6.07) is 5.37. The molecule has 0 aliphatic carbocycles. The standard InChI is InChI=1S/C9H7FN2OS/c10-7-1-2-8(6(3-7)4-11)12-9(13)5-14/h1-3,14H,5H2,(H,12,13). The van der Waals surface area contributed by atoms with Gasteiger partial charge in [-0.25, -0.2) is 4.39 Å². The van der Waals surface area contributed by atoms with Crippen molar-refractivity contribution in [3.05, 3.63) is 29.6 Å². The van der Waals surface area contributed by atoms with Crippen LogP contribution in [-0.4, -0.2) is 11.7 Å². The van der Waals surface area contributed by atoms with Crippen LogP contribution in [0.1, 0.15) is 5.56 Å². The van der Waals surface area contributed by atoms with Crippen molar-refractivity contribution in [1.29, 1.82) is 5.26 Å². The molecule has 0 saturated carbocycles. The third-order valence-corrected chi connectivity index (χ3v) is 1.81. The number of nitrogens with zero attached hydrogens (tertiary/aromatic N) is 1. The molecule has 0 aliphatic rings. The van der Waals surface area contributed by atoms with Crippen molar-refractivity contribution in [2.45, 2.75) is 0 Å². The molecule has 1 amide bonds. The zero-order valence-corrected chi connectivity index (χ0v) is 8.01. The molecule has 3 nitrogen and oxygen atoms in total. The number of halogens is 1. The Morgan fingerprint density at radius 3 is 2.93 bits per heavy atom. The molecule has 0 saturated heterocycles. The lowest BCUT2D eigenvalue weighted by Crippen LogP contribution is -2.13. The van der Waals surface area contributed by atoms with Gasteiger partial charge in [0.2, 0.25) is 5.91 Å². The molecule has 0 radical (unpaired) electrons. The summed E-state index contributed by atoms with van der Waals surface area (Å²) in [7, 11) is 0. The first kappa shape index (κ1) is 10.5. The van der Waals surface area contributed by atoms with Crippen molar-refractivity contribution >= 4 is 24.2 Å². The van der Waals surface area contributed by atoms with Crippen LogP contribution in [0.4, 0.5) is 10.1 Å². The monoisotopic (exact) mass is 210 g/mol. The quantitative estimate of drug-likeness (QED) is 0.728. The summed E-state index contributed by atoms with van der Waals surface area (Å²) < 4.78 is 12.7. The number of carbonyl (C=O) groups excluding carboxylic acids is 1. The lowest BCUT2D eigenvalue weighted by atomic mass is 10.2. The average molecular weight is 210 g/mol. The van der Waals surface area contributed by atoms with Crippen LogP contribution in [-0.2, 0) is 4.79 Å². The first-order valence-corrected chi connectivity index (χ1v) is 4.41. The van der Waals surface area contributed by atoms with E-state index in [9.17, 15) is 9.18 Å². The summed E-state index contributed by atoms with van der Waals surface area (Å²) in [5.41, 5.74) is 0.396. The van der Waals surface area contributed by atoms with Crippen LogP contribution in [0.25, 0.3) is 0 Å². The van der Waals surface area contributed by atoms with E-state index in [0.29, 0.717) is 5.69 Å². The Labute approximate surface area is 86.0 Å². The zero-order chi connectivity index (χ0) is 10.6. The Hall–Kier alpha value is -1.54. The van der Waals surface area contributed by atoms with E-state index in [2.05, 4.69) is 17.9 Å². The molecule has 0 heterocycles. The minimum Gasteiger partial charge on any atom is -0.324 e. The molecule has 5 heteroatoms. The zero-order valence-electron chi connectivity index (χ0n) is 7.12.